The first-order valence-electron chi connectivity index (χ1n) is 7.59. The van der Waals surface area contributed by atoms with Crippen molar-refractivity contribution in [3.63, 3.8) is 0 Å². The Morgan fingerprint density at radius 1 is 1.22 bits per heavy atom. The van der Waals surface area contributed by atoms with Gasteiger partial charge in [0.2, 0.25) is 10.0 Å². The monoisotopic (exact) mass is 338 g/mol. The average molecular weight is 338 g/mol. The molecule has 0 saturated carbocycles. The summed E-state index contributed by atoms with van der Waals surface area (Å²) >= 11 is 0. The number of rotatable bonds is 6. The molecular formula is C16H19FN2O3S. The molecule has 1 aliphatic rings. The van der Waals surface area contributed by atoms with Crippen LogP contribution in [0.5, 0.6) is 0 Å². The number of hydrogen-bond donors (Lipinski definition) is 1. The quantitative estimate of drug-likeness (QED) is 0.879. The molecule has 1 atom stereocenters. The number of nitrogens with zero attached hydrogens (tertiary/aromatic N) is 1. The largest absolute Gasteiger partial charge is 0.468 e. The molecule has 2 heterocycles. The smallest absolute Gasteiger partial charge is 0.240 e. The number of nitrogens with one attached hydrogen (secondary N) is 1. The van der Waals surface area contributed by atoms with Crippen molar-refractivity contribution in [2.45, 2.75) is 23.8 Å². The van der Waals surface area contributed by atoms with Gasteiger partial charge in [-0.15, -0.1) is 0 Å². The maximum absolute atomic E-state index is 13.2. The SMILES string of the molecule is O=S(=O)(NCC(c1ccco1)N1CCCC1)c1cccc(F)c1. The lowest BCUT2D eigenvalue weighted by atomic mass is 10.2. The molecule has 2 aromatic rings. The molecule has 1 aromatic carbocycles. The fourth-order valence-corrected chi connectivity index (χ4v) is 3.92. The predicted octanol–water partition coefficient (Wildman–Crippen LogP) is 2.53. The van der Waals surface area contributed by atoms with Gasteiger partial charge in [0.25, 0.3) is 0 Å². The van der Waals surface area contributed by atoms with Gasteiger partial charge in [0.15, 0.2) is 0 Å². The van der Waals surface area contributed by atoms with Crippen LogP contribution in [0.2, 0.25) is 0 Å². The molecule has 0 aliphatic carbocycles. The van der Waals surface area contributed by atoms with Crippen molar-refractivity contribution >= 4 is 10.0 Å². The Hall–Kier alpha value is -1.70. The van der Waals surface area contributed by atoms with Crippen LogP contribution in [-0.4, -0.2) is 33.0 Å². The lowest BCUT2D eigenvalue weighted by Gasteiger charge is -2.25. The number of benzene rings is 1. The molecule has 1 fully saturated rings. The highest BCUT2D eigenvalue weighted by Crippen LogP contribution is 2.25. The maximum atomic E-state index is 13.2. The van der Waals surface area contributed by atoms with Crippen molar-refractivity contribution < 1.29 is 17.2 Å². The van der Waals surface area contributed by atoms with E-state index in [-0.39, 0.29) is 17.5 Å². The molecule has 1 N–H and O–H groups in total. The second kappa shape index (κ2) is 6.82. The van der Waals surface area contributed by atoms with Crippen LogP contribution in [-0.2, 0) is 10.0 Å². The van der Waals surface area contributed by atoms with E-state index in [0.29, 0.717) is 0 Å². The van der Waals surface area contributed by atoms with Crippen LogP contribution in [0.25, 0.3) is 0 Å². The Morgan fingerprint density at radius 2 is 2.00 bits per heavy atom. The predicted molar refractivity (Wildman–Crippen MR) is 83.8 cm³/mol. The van der Waals surface area contributed by atoms with Crippen molar-refractivity contribution in [3.8, 4) is 0 Å². The van der Waals surface area contributed by atoms with Gasteiger partial charge in [0, 0.05) is 6.54 Å². The van der Waals surface area contributed by atoms with Gasteiger partial charge in [-0.1, -0.05) is 6.07 Å². The van der Waals surface area contributed by atoms with Gasteiger partial charge < -0.3 is 4.42 Å². The Bertz CT molecular complexity index is 740. The van der Waals surface area contributed by atoms with Crippen LogP contribution in [0.15, 0.2) is 52.0 Å². The number of hydrogen-bond acceptors (Lipinski definition) is 4. The van der Waals surface area contributed by atoms with Crippen molar-refractivity contribution in [1.29, 1.82) is 0 Å². The highest BCUT2D eigenvalue weighted by molar-refractivity contribution is 7.89. The van der Waals surface area contributed by atoms with Gasteiger partial charge in [-0.3, -0.25) is 4.90 Å². The first-order valence-corrected chi connectivity index (χ1v) is 9.07. The summed E-state index contributed by atoms with van der Waals surface area (Å²) in [5.41, 5.74) is 0. The lowest BCUT2D eigenvalue weighted by molar-refractivity contribution is 0.216. The molecule has 1 aliphatic heterocycles. The summed E-state index contributed by atoms with van der Waals surface area (Å²) < 4.78 is 46.0. The van der Waals surface area contributed by atoms with Crippen LogP contribution in [0, 0.1) is 5.82 Å². The second-order valence-electron chi connectivity index (χ2n) is 5.58. The Morgan fingerprint density at radius 3 is 2.65 bits per heavy atom. The van der Waals surface area contributed by atoms with E-state index in [1.54, 1.807) is 12.3 Å². The van der Waals surface area contributed by atoms with Crippen LogP contribution in [0.4, 0.5) is 4.39 Å². The number of halogens is 1. The number of furan rings is 1. The third-order valence-electron chi connectivity index (χ3n) is 4.03. The third-order valence-corrected chi connectivity index (χ3v) is 5.45. The first kappa shape index (κ1) is 16.2. The molecule has 0 spiro atoms. The Kier molecular flexibility index (Phi) is 4.79. The minimum Gasteiger partial charge on any atom is -0.468 e. The van der Waals surface area contributed by atoms with Gasteiger partial charge in [-0.25, -0.2) is 17.5 Å². The average Bonchev–Trinajstić information content (AvgIpc) is 3.21. The zero-order chi connectivity index (χ0) is 16.3. The summed E-state index contributed by atoms with van der Waals surface area (Å²) in [7, 11) is -3.76. The van der Waals surface area contributed by atoms with E-state index in [2.05, 4.69) is 9.62 Å². The summed E-state index contributed by atoms with van der Waals surface area (Å²) in [4.78, 5) is 2.13. The minimum atomic E-state index is -3.76. The molecule has 1 aromatic heterocycles. The van der Waals surface area contributed by atoms with Gasteiger partial charge in [0.05, 0.1) is 17.2 Å². The molecule has 124 valence electrons. The summed E-state index contributed by atoms with van der Waals surface area (Å²) in [5.74, 6) is 0.156. The topological polar surface area (TPSA) is 62.6 Å². The van der Waals surface area contributed by atoms with Crippen LogP contribution in [0.1, 0.15) is 24.6 Å². The fourth-order valence-electron chi connectivity index (χ4n) is 2.85. The van der Waals surface area contributed by atoms with Crippen LogP contribution in [0.3, 0.4) is 0 Å². The standard InChI is InChI=1S/C16H19FN2O3S/c17-13-5-3-6-14(11-13)23(20,21)18-12-15(16-7-4-10-22-16)19-8-1-2-9-19/h3-7,10-11,15,18H,1-2,8-9,12H2. The normalized spacial score (nSPS) is 17.4. The number of likely N-dealkylation sites (tertiary alicyclic amines) is 1. The van der Waals surface area contributed by atoms with Crippen molar-refractivity contribution in [2.75, 3.05) is 19.6 Å². The van der Waals surface area contributed by atoms with E-state index in [4.69, 9.17) is 4.42 Å². The molecule has 0 amide bonds. The zero-order valence-corrected chi connectivity index (χ0v) is 13.4. The van der Waals surface area contributed by atoms with Gasteiger partial charge in [0.1, 0.15) is 11.6 Å². The molecule has 1 saturated heterocycles. The zero-order valence-electron chi connectivity index (χ0n) is 12.6. The van der Waals surface area contributed by atoms with Gasteiger partial charge >= 0.3 is 0 Å². The second-order valence-corrected chi connectivity index (χ2v) is 7.35. The third kappa shape index (κ3) is 3.80. The Balaban J connectivity index is 1.76. The minimum absolute atomic E-state index is 0.0721. The van der Waals surface area contributed by atoms with Crippen molar-refractivity contribution in [3.05, 3.63) is 54.2 Å². The van der Waals surface area contributed by atoms with E-state index >= 15 is 0 Å². The summed E-state index contributed by atoms with van der Waals surface area (Å²) in [5, 5.41) is 0. The summed E-state index contributed by atoms with van der Waals surface area (Å²) in [6.45, 7) is 2.01. The van der Waals surface area contributed by atoms with E-state index in [0.717, 1.165) is 37.8 Å². The van der Waals surface area contributed by atoms with Crippen molar-refractivity contribution in [1.82, 2.24) is 9.62 Å². The van der Waals surface area contributed by atoms with E-state index < -0.39 is 15.8 Å². The lowest BCUT2D eigenvalue weighted by Crippen LogP contribution is -2.36. The molecule has 5 nitrogen and oxygen atoms in total. The van der Waals surface area contributed by atoms with E-state index in [9.17, 15) is 12.8 Å². The van der Waals surface area contributed by atoms with Gasteiger partial charge in [-0.2, -0.15) is 0 Å². The van der Waals surface area contributed by atoms with Crippen molar-refractivity contribution in [2.24, 2.45) is 0 Å². The van der Waals surface area contributed by atoms with E-state index in [1.165, 1.54) is 18.2 Å². The number of sulfonamides is 1. The molecule has 23 heavy (non-hydrogen) atoms. The van der Waals surface area contributed by atoms with Crippen LogP contribution < -0.4 is 4.72 Å². The molecule has 0 radical (unpaired) electrons. The fraction of sp³-hybridized carbons (Fsp3) is 0.375. The van der Waals surface area contributed by atoms with E-state index in [1.807, 2.05) is 6.07 Å². The molecule has 3 rings (SSSR count). The van der Waals surface area contributed by atoms with Crippen LogP contribution >= 0.6 is 0 Å². The highest BCUT2D eigenvalue weighted by Gasteiger charge is 2.27. The Labute approximate surface area is 135 Å². The molecular weight excluding hydrogens is 319 g/mol. The summed E-state index contributed by atoms with van der Waals surface area (Å²) in [6, 6.07) is 8.47. The molecule has 0 bridgehead atoms. The summed E-state index contributed by atoms with van der Waals surface area (Å²) in [6.07, 6.45) is 3.77. The molecule has 1 unspecified atom stereocenters. The molecule has 7 heteroatoms. The van der Waals surface area contributed by atoms with Gasteiger partial charge in [-0.05, 0) is 56.3 Å². The maximum Gasteiger partial charge on any atom is 0.240 e. The first-order chi connectivity index (χ1) is 11.1. The highest BCUT2D eigenvalue weighted by atomic mass is 32.2.